The Morgan fingerprint density at radius 2 is 1.34 bits per heavy atom. The van der Waals surface area contributed by atoms with Crippen molar-refractivity contribution in [1.82, 2.24) is 5.06 Å². The number of hydrogen-bond acceptors (Lipinski definition) is 11. The molecule has 2 amide bonds. The number of imide groups is 1. The van der Waals surface area contributed by atoms with Gasteiger partial charge >= 0.3 is 24.1 Å². The molecule has 32 heavy (non-hydrogen) atoms. The number of hydroxylamine groups is 2. The van der Waals surface area contributed by atoms with E-state index in [0.29, 0.717) is 5.06 Å². The highest BCUT2D eigenvalue weighted by Crippen LogP contribution is 2.17. The largest absolute Gasteiger partial charge is 0.509 e. The summed E-state index contributed by atoms with van der Waals surface area (Å²) < 4.78 is 19.9. The first-order valence-corrected chi connectivity index (χ1v) is 9.88. The molecule has 180 valence electrons. The number of ether oxygens (including phenoxy) is 4. The molecule has 1 fully saturated rings. The van der Waals surface area contributed by atoms with Gasteiger partial charge < -0.3 is 23.8 Å². The molecule has 1 heterocycles. The molecule has 0 saturated carbocycles. The summed E-state index contributed by atoms with van der Waals surface area (Å²) in [5.41, 5.74) is -1.85. The van der Waals surface area contributed by atoms with E-state index in [9.17, 15) is 28.8 Å². The van der Waals surface area contributed by atoms with Crippen molar-refractivity contribution in [3.63, 3.8) is 0 Å². The van der Waals surface area contributed by atoms with Crippen molar-refractivity contribution < 1.29 is 52.6 Å². The van der Waals surface area contributed by atoms with Crippen LogP contribution in [0, 0.1) is 0 Å². The lowest BCUT2D eigenvalue weighted by Gasteiger charge is -2.25. The zero-order valence-electron chi connectivity index (χ0n) is 19.2. The van der Waals surface area contributed by atoms with E-state index < -0.39 is 65.7 Å². The minimum Gasteiger partial charge on any atom is -0.457 e. The van der Waals surface area contributed by atoms with Crippen molar-refractivity contribution >= 4 is 35.9 Å². The van der Waals surface area contributed by atoms with E-state index in [2.05, 4.69) is 0 Å². The van der Waals surface area contributed by atoms with Gasteiger partial charge in [0.25, 0.3) is 11.8 Å². The fourth-order valence-electron chi connectivity index (χ4n) is 2.19. The van der Waals surface area contributed by atoms with Gasteiger partial charge in [-0.05, 0) is 48.5 Å². The van der Waals surface area contributed by atoms with Crippen LogP contribution in [0.25, 0.3) is 0 Å². The first kappa shape index (κ1) is 26.9. The molecule has 0 N–H and O–H groups in total. The highest BCUT2D eigenvalue weighted by molar-refractivity contribution is 6.01. The predicted molar refractivity (Wildman–Crippen MR) is 104 cm³/mol. The highest BCUT2D eigenvalue weighted by atomic mass is 16.7. The average Bonchev–Trinajstić information content (AvgIpc) is 2.89. The Kier molecular flexibility index (Phi) is 8.75. The van der Waals surface area contributed by atoms with Gasteiger partial charge in [-0.25, -0.2) is 19.2 Å². The molecule has 1 saturated heterocycles. The standard InChI is InChI=1S/C20H29NO11/c1-11(28-18(27)31-20(5,6)7)16(25)29-12(17(26)30-19(2,3)4)10-15(24)32-21-13(22)8-9-14(21)23/h11-12H,8-10H2,1-7H3/t11-,12-/m0/s1. The van der Waals surface area contributed by atoms with Crippen LogP contribution in [0.1, 0.15) is 67.7 Å². The molecule has 0 aromatic rings. The van der Waals surface area contributed by atoms with E-state index in [-0.39, 0.29) is 12.8 Å². The van der Waals surface area contributed by atoms with Gasteiger partial charge in [-0.1, -0.05) is 0 Å². The topological polar surface area (TPSA) is 152 Å². The van der Waals surface area contributed by atoms with Crippen molar-refractivity contribution in [3.05, 3.63) is 0 Å². The summed E-state index contributed by atoms with van der Waals surface area (Å²) in [4.78, 5) is 76.5. The van der Waals surface area contributed by atoms with Gasteiger partial charge in [0.1, 0.15) is 11.2 Å². The zero-order valence-corrected chi connectivity index (χ0v) is 19.2. The Labute approximate surface area is 185 Å². The van der Waals surface area contributed by atoms with Crippen molar-refractivity contribution in [3.8, 4) is 0 Å². The number of rotatable bonds is 7. The van der Waals surface area contributed by atoms with Crippen LogP contribution in [0.3, 0.4) is 0 Å². The van der Waals surface area contributed by atoms with Crippen LogP contribution in [0.4, 0.5) is 4.79 Å². The third-order valence-corrected chi connectivity index (χ3v) is 3.47. The minimum atomic E-state index is -1.79. The SMILES string of the molecule is C[C@H](OC(=O)OC(C)(C)C)C(=O)O[C@@H](CC(=O)ON1C(=O)CCC1=O)C(=O)OC(C)(C)C. The van der Waals surface area contributed by atoms with Gasteiger partial charge in [-0.2, -0.15) is 0 Å². The molecule has 0 aromatic heterocycles. The smallest absolute Gasteiger partial charge is 0.457 e. The minimum absolute atomic E-state index is 0.115. The van der Waals surface area contributed by atoms with Crippen LogP contribution >= 0.6 is 0 Å². The molecule has 1 aliphatic heterocycles. The van der Waals surface area contributed by atoms with E-state index in [4.69, 9.17) is 23.8 Å². The zero-order chi connectivity index (χ0) is 24.9. The van der Waals surface area contributed by atoms with Crippen LogP contribution in [-0.4, -0.2) is 64.4 Å². The highest BCUT2D eigenvalue weighted by Gasteiger charge is 2.37. The number of carbonyl (C=O) groups excluding carboxylic acids is 6. The fourth-order valence-corrected chi connectivity index (χ4v) is 2.19. The summed E-state index contributed by atoms with van der Waals surface area (Å²) in [6.07, 6.45) is -5.48. The van der Waals surface area contributed by atoms with Gasteiger partial charge in [0, 0.05) is 12.8 Å². The summed E-state index contributed by atoms with van der Waals surface area (Å²) >= 11 is 0. The van der Waals surface area contributed by atoms with Crippen LogP contribution < -0.4 is 0 Å². The van der Waals surface area contributed by atoms with Crippen LogP contribution in [0.2, 0.25) is 0 Å². The van der Waals surface area contributed by atoms with Crippen LogP contribution in [0.15, 0.2) is 0 Å². The molecule has 2 atom stereocenters. The maximum absolute atomic E-state index is 12.4. The Morgan fingerprint density at radius 3 is 1.81 bits per heavy atom. The molecule has 12 nitrogen and oxygen atoms in total. The molecule has 0 aliphatic carbocycles. The lowest BCUT2D eigenvalue weighted by atomic mass is 10.2. The lowest BCUT2D eigenvalue weighted by molar-refractivity contribution is -0.201. The van der Waals surface area contributed by atoms with Crippen LogP contribution in [0.5, 0.6) is 0 Å². The average molecular weight is 459 g/mol. The van der Waals surface area contributed by atoms with Crippen LogP contribution in [-0.2, 0) is 47.8 Å². The number of esters is 2. The van der Waals surface area contributed by atoms with E-state index in [1.807, 2.05) is 0 Å². The van der Waals surface area contributed by atoms with E-state index >= 15 is 0 Å². The van der Waals surface area contributed by atoms with Crippen molar-refractivity contribution in [2.45, 2.75) is 91.1 Å². The molecule has 12 heteroatoms. The monoisotopic (exact) mass is 459 g/mol. The molecule has 0 bridgehead atoms. The molecule has 0 unspecified atom stereocenters. The normalized spacial score (nSPS) is 16.2. The quantitative estimate of drug-likeness (QED) is 0.310. The maximum Gasteiger partial charge on any atom is 0.509 e. The fraction of sp³-hybridized carbons (Fsp3) is 0.700. The maximum atomic E-state index is 12.4. The first-order chi connectivity index (χ1) is 14.5. The summed E-state index contributed by atoms with van der Waals surface area (Å²) in [6.45, 7) is 10.6. The van der Waals surface area contributed by atoms with Gasteiger partial charge in [0.2, 0.25) is 6.10 Å². The molecule has 0 spiro atoms. The summed E-state index contributed by atoms with van der Waals surface area (Å²) in [5, 5.41) is 0.296. The van der Waals surface area contributed by atoms with Gasteiger partial charge in [-0.15, -0.1) is 5.06 Å². The molecular formula is C20H29NO11. The summed E-state index contributed by atoms with van der Waals surface area (Å²) in [7, 11) is 0. The Balaban J connectivity index is 2.84. The molecule has 1 rings (SSSR count). The first-order valence-electron chi connectivity index (χ1n) is 9.88. The Morgan fingerprint density at radius 1 is 0.844 bits per heavy atom. The second-order valence-electron chi connectivity index (χ2n) is 8.93. The van der Waals surface area contributed by atoms with Crippen molar-refractivity contribution in [2.75, 3.05) is 0 Å². The Bertz CT molecular complexity index is 759. The molecular weight excluding hydrogens is 430 g/mol. The summed E-state index contributed by atoms with van der Waals surface area (Å²) in [6, 6.07) is 0. The van der Waals surface area contributed by atoms with E-state index in [1.54, 1.807) is 41.5 Å². The second kappa shape index (κ2) is 10.4. The van der Waals surface area contributed by atoms with Gasteiger partial charge in [0.15, 0.2) is 6.10 Å². The van der Waals surface area contributed by atoms with Crippen molar-refractivity contribution in [1.29, 1.82) is 0 Å². The number of carbonyl (C=O) groups is 6. The predicted octanol–water partition coefficient (Wildman–Crippen LogP) is 1.58. The number of amides is 2. The third-order valence-electron chi connectivity index (χ3n) is 3.47. The van der Waals surface area contributed by atoms with Crippen molar-refractivity contribution in [2.24, 2.45) is 0 Å². The summed E-state index contributed by atoms with van der Waals surface area (Å²) in [5.74, 6) is -4.85. The Hall–Kier alpha value is -3.18. The molecule has 0 radical (unpaired) electrons. The lowest BCUT2D eigenvalue weighted by Crippen LogP contribution is -2.41. The second-order valence-corrected chi connectivity index (χ2v) is 8.93. The molecule has 0 aromatic carbocycles. The van der Waals surface area contributed by atoms with E-state index in [0.717, 1.165) is 0 Å². The number of hydrogen-bond donors (Lipinski definition) is 0. The number of nitrogens with zero attached hydrogens (tertiary/aromatic N) is 1. The van der Waals surface area contributed by atoms with Gasteiger partial charge in [-0.3, -0.25) is 9.59 Å². The third kappa shape index (κ3) is 9.31. The van der Waals surface area contributed by atoms with E-state index in [1.165, 1.54) is 6.92 Å². The van der Waals surface area contributed by atoms with Gasteiger partial charge in [0.05, 0.1) is 6.42 Å². The molecule has 1 aliphatic rings.